The molecule has 0 radical (unpaired) electrons. The number of nitriles is 1. The number of rotatable bonds is 8. The summed E-state index contributed by atoms with van der Waals surface area (Å²) in [6.45, 7) is 5.68. The van der Waals surface area contributed by atoms with E-state index in [1.807, 2.05) is 6.07 Å². The molecule has 2 aromatic rings. The highest BCUT2D eigenvalue weighted by Crippen LogP contribution is 2.24. The SMILES string of the molecule is C=C(CCCOc1cnc(C#N)cn1)C(=O)N(C)C(C)c1cc(F)ccc1F. The van der Waals surface area contributed by atoms with Gasteiger partial charge in [0.1, 0.15) is 17.7 Å². The van der Waals surface area contributed by atoms with Crippen LogP contribution in [0.4, 0.5) is 8.78 Å². The number of likely N-dealkylation sites (N-methyl/N-ethyl adjacent to an activating group) is 1. The van der Waals surface area contributed by atoms with Gasteiger partial charge in [-0.05, 0) is 38.0 Å². The number of benzene rings is 1. The van der Waals surface area contributed by atoms with Crippen molar-refractivity contribution in [1.82, 2.24) is 14.9 Å². The van der Waals surface area contributed by atoms with E-state index in [2.05, 4.69) is 16.5 Å². The van der Waals surface area contributed by atoms with E-state index >= 15 is 0 Å². The van der Waals surface area contributed by atoms with E-state index < -0.39 is 17.7 Å². The van der Waals surface area contributed by atoms with Gasteiger partial charge in [0.05, 0.1) is 25.0 Å². The second-order valence-electron chi connectivity index (χ2n) is 6.17. The minimum Gasteiger partial charge on any atom is -0.477 e. The molecule has 1 aromatic heterocycles. The molecular weight excluding hydrogens is 366 g/mol. The third-order valence-electron chi connectivity index (χ3n) is 4.23. The van der Waals surface area contributed by atoms with Crippen LogP contribution < -0.4 is 4.74 Å². The van der Waals surface area contributed by atoms with Crippen molar-refractivity contribution < 1.29 is 18.3 Å². The average molecular weight is 386 g/mol. The summed E-state index contributed by atoms with van der Waals surface area (Å²) in [6, 6.07) is 4.37. The lowest BCUT2D eigenvalue weighted by molar-refractivity contribution is -0.127. The van der Waals surface area contributed by atoms with E-state index in [1.54, 1.807) is 6.92 Å². The Morgan fingerprint density at radius 1 is 1.36 bits per heavy atom. The summed E-state index contributed by atoms with van der Waals surface area (Å²) < 4.78 is 32.7. The maximum Gasteiger partial charge on any atom is 0.249 e. The van der Waals surface area contributed by atoms with Crippen molar-refractivity contribution >= 4 is 5.91 Å². The highest BCUT2D eigenvalue weighted by atomic mass is 19.1. The fraction of sp³-hybridized carbons (Fsp3) is 0.300. The monoisotopic (exact) mass is 386 g/mol. The summed E-state index contributed by atoms with van der Waals surface area (Å²) in [7, 11) is 1.52. The molecule has 1 aromatic carbocycles. The van der Waals surface area contributed by atoms with Crippen molar-refractivity contribution in [2.75, 3.05) is 13.7 Å². The molecule has 0 aliphatic heterocycles. The Hall–Kier alpha value is -3.34. The fourth-order valence-electron chi connectivity index (χ4n) is 2.49. The summed E-state index contributed by atoms with van der Waals surface area (Å²) in [6.07, 6.45) is 3.52. The molecule has 0 N–H and O–H groups in total. The lowest BCUT2D eigenvalue weighted by Gasteiger charge is -2.26. The van der Waals surface area contributed by atoms with Crippen LogP contribution in [-0.4, -0.2) is 34.4 Å². The minimum absolute atomic E-state index is 0.103. The molecule has 1 heterocycles. The van der Waals surface area contributed by atoms with E-state index in [9.17, 15) is 13.6 Å². The van der Waals surface area contributed by atoms with Crippen LogP contribution in [-0.2, 0) is 4.79 Å². The molecular formula is C20H20F2N4O2. The van der Waals surface area contributed by atoms with Crippen LogP contribution >= 0.6 is 0 Å². The first-order valence-electron chi connectivity index (χ1n) is 8.58. The number of aromatic nitrogens is 2. The van der Waals surface area contributed by atoms with Gasteiger partial charge in [-0.3, -0.25) is 4.79 Å². The lowest BCUT2D eigenvalue weighted by atomic mass is 10.0. The highest BCUT2D eigenvalue weighted by molar-refractivity contribution is 5.92. The third-order valence-corrected chi connectivity index (χ3v) is 4.23. The first kappa shape index (κ1) is 21.0. The summed E-state index contributed by atoms with van der Waals surface area (Å²) in [5.41, 5.74) is 0.630. The van der Waals surface area contributed by atoms with Gasteiger partial charge in [-0.25, -0.2) is 18.7 Å². The number of amides is 1. The molecule has 0 aliphatic rings. The van der Waals surface area contributed by atoms with Gasteiger partial charge in [0, 0.05) is 18.2 Å². The number of hydrogen-bond acceptors (Lipinski definition) is 5. The number of nitrogens with zero attached hydrogens (tertiary/aromatic N) is 4. The average Bonchev–Trinajstić information content (AvgIpc) is 2.71. The zero-order valence-corrected chi connectivity index (χ0v) is 15.7. The normalized spacial score (nSPS) is 11.4. The van der Waals surface area contributed by atoms with Gasteiger partial charge in [-0.15, -0.1) is 0 Å². The van der Waals surface area contributed by atoms with Crippen molar-refractivity contribution in [1.29, 1.82) is 5.26 Å². The van der Waals surface area contributed by atoms with Crippen LogP contribution in [0.1, 0.15) is 37.1 Å². The largest absolute Gasteiger partial charge is 0.477 e. The molecule has 1 atom stereocenters. The van der Waals surface area contributed by atoms with Gasteiger partial charge >= 0.3 is 0 Å². The number of halogens is 2. The van der Waals surface area contributed by atoms with Crippen LogP contribution in [0.5, 0.6) is 5.88 Å². The maximum atomic E-state index is 13.9. The van der Waals surface area contributed by atoms with Gasteiger partial charge in [0.25, 0.3) is 0 Å². The zero-order chi connectivity index (χ0) is 20.7. The van der Waals surface area contributed by atoms with Crippen LogP contribution in [0.2, 0.25) is 0 Å². The maximum absolute atomic E-state index is 13.9. The quantitative estimate of drug-likeness (QED) is 0.512. The van der Waals surface area contributed by atoms with Gasteiger partial charge < -0.3 is 9.64 Å². The molecule has 1 unspecified atom stereocenters. The Morgan fingerprint density at radius 3 is 2.75 bits per heavy atom. The Balaban J connectivity index is 1.84. The second-order valence-corrected chi connectivity index (χ2v) is 6.17. The van der Waals surface area contributed by atoms with Crippen molar-refractivity contribution in [3.05, 3.63) is 65.6 Å². The predicted molar refractivity (Wildman–Crippen MR) is 98.2 cm³/mol. The first-order chi connectivity index (χ1) is 13.3. The lowest BCUT2D eigenvalue weighted by Crippen LogP contribution is -2.31. The van der Waals surface area contributed by atoms with E-state index in [4.69, 9.17) is 10.00 Å². The van der Waals surface area contributed by atoms with Crippen LogP contribution in [0.25, 0.3) is 0 Å². The smallest absolute Gasteiger partial charge is 0.249 e. The summed E-state index contributed by atoms with van der Waals surface area (Å²) in [5.74, 6) is -1.21. The molecule has 0 bridgehead atoms. The first-order valence-corrected chi connectivity index (χ1v) is 8.58. The molecule has 0 aliphatic carbocycles. The second kappa shape index (κ2) is 9.55. The highest BCUT2D eigenvalue weighted by Gasteiger charge is 2.22. The molecule has 8 heteroatoms. The molecule has 0 spiro atoms. The van der Waals surface area contributed by atoms with Crippen LogP contribution in [0, 0.1) is 23.0 Å². The van der Waals surface area contributed by atoms with Crippen molar-refractivity contribution in [3.63, 3.8) is 0 Å². The number of carbonyl (C=O) groups is 1. The molecule has 146 valence electrons. The third kappa shape index (κ3) is 5.33. The number of hydrogen-bond donors (Lipinski definition) is 0. The molecule has 2 rings (SSSR count). The van der Waals surface area contributed by atoms with Crippen molar-refractivity contribution in [3.8, 4) is 11.9 Å². The molecule has 0 fully saturated rings. The van der Waals surface area contributed by atoms with Crippen LogP contribution in [0.3, 0.4) is 0 Å². The van der Waals surface area contributed by atoms with Crippen molar-refractivity contribution in [2.24, 2.45) is 0 Å². The predicted octanol–water partition coefficient (Wildman–Crippen LogP) is 3.56. The Bertz CT molecular complexity index is 894. The van der Waals surface area contributed by atoms with Gasteiger partial charge in [0.2, 0.25) is 11.8 Å². The van der Waals surface area contributed by atoms with Gasteiger partial charge in [-0.1, -0.05) is 6.58 Å². The van der Waals surface area contributed by atoms with E-state index in [0.29, 0.717) is 18.4 Å². The minimum atomic E-state index is -0.648. The van der Waals surface area contributed by atoms with E-state index in [1.165, 1.54) is 24.3 Å². The molecule has 0 saturated carbocycles. The Kier molecular flexibility index (Phi) is 7.15. The fourth-order valence-corrected chi connectivity index (χ4v) is 2.49. The summed E-state index contributed by atoms with van der Waals surface area (Å²) in [4.78, 5) is 21.6. The Morgan fingerprint density at radius 2 is 2.11 bits per heavy atom. The number of carbonyl (C=O) groups excluding carboxylic acids is 1. The molecule has 6 nitrogen and oxygen atoms in total. The van der Waals surface area contributed by atoms with Crippen molar-refractivity contribution in [2.45, 2.75) is 25.8 Å². The topological polar surface area (TPSA) is 79.1 Å². The zero-order valence-electron chi connectivity index (χ0n) is 15.7. The molecule has 1 amide bonds. The summed E-state index contributed by atoms with van der Waals surface area (Å²) >= 11 is 0. The number of ether oxygens (including phenoxy) is 1. The van der Waals surface area contributed by atoms with E-state index in [0.717, 1.165) is 18.2 Å². The molecule has 28 heavy (non-hydrogen) atoms. The van der Waals surface area contributed by atoms with Gasteiger partial charge in [-0.2, -0.15) is 5.26 Å². The van der Waals surface area contributed by atoms with Gasteiger partial charge in [0.15, 0.2) is 5.69 Å². The Labute approximate surface area is 162 Å². The standard InChI is InChI=1S/C20H20F2N4O2/c1-13(5-4-8-28-19-12-24-16(10-23)11-25-19)20(27)26(3)14(2)17-9-15(21)6-7-18(17)22/h6-7,9,11-12,14H,1,4-5,8H2,2-3H3. The van der Waals surface area contributed by atoms with Crippen LogP contribution in [0.15, 0.2) is 42.7 Å². The van der Waals surface area contributed by atoms with E-state index in [-0.39, 0.29) is 29.7 Å². The molecule has 0 saturated heterocycles. The summed E-state index contributed by atoms with van der Waals surface area (Å²) in [5, 5.41) is 8.66.